The van der Waals surface area contributed by atoms with Crippen LogP contribution in [0.1, 0.15) is 20.3 Å². The summed E-state index contributed by atoms with van der Waals surface area (Å²) < 4.78 is 34.5. The van der Waals surface area contributed by atoms with Crippen LogP contribution < -0.4 is 11.1 Å². The van der Waals surface area contributed by atoms with Crippen molar-refractivity contribution in [2.24, 2.45) is 5.73 Å². The average Bonchev–Trinajstić information content (AvgIpc) is 2.92. The maximum atomic E-state index is 11.9. The van der Waals surface area contributed by atoms with Gasteiger partial charge in [0.2, 0.25) is 5.91 Å². The van der Waals surface area contributed by atoms with Crippen LogP contribution in [-0.4, -0.2) is 165 Å². The molecule has 3 aliphatic rings. The van der Waals surface area contributed by atoms with Crippen molar-refractivity contribution in [1.82, 2.24) is 5.32 Å². The Labute approximate surface area is 230 Å². The number of hydrogen-bond acceptors (Lipinski definition) is 16. The molecule has 0 bridgehead atoms. The number of ether oxygens (including phenoxy) is 6. The molecule has 0 aliphatic carbocycles. The summed E-state index contributed by atoms with van der Waals surface area (Å²) in [6.07, 6.45) is -20.5. The second-order valence-electron chi connectivity index (χ2n) is 10.0. The lowest BCUT2D eigenvalue weighted by atomic mass is 9.95. The highest BCUT2D eigenvalue weighted by Crippen LogP contribution is 2.33. The number of aliphatic hydroxyl groups is 8. The molecule has 17 nitrogen and oxygen atoms in total. The fraction of sp³-hybridized carbons (Fsp3) is 0.957. The molecule has 17 heteroatoms. The first kappa shape index (κ1) is 33.4. The predicted octanol–water partition coefficient (Wildman–Crippen LogP) is -6.03. The van der Waals surface area contributed by atoms with Crippen LogP contribution in [0.5, 0.6) is 0 Å². The minimum Gasteiger partial charge on any atom is -0.394 e. The van der Waals surface area contributed by atoms with Crippen molar-refractivity contribution in [3.8, 4) is 0 Å². The third kappa shape index (κ3) is 7.44. The van der Waals surface area contributed by atoms with Crippen LogP contribution >= 0.6 is 0 Å². The molecule has 3 aliphatic heterocycles. The van der Waals surface area contributed by atoms with E-state index in [1.54, 1.807) is 0 Å². The number of carbonyl (C=O) groups is 1. The van der Waals surface area contributed by atoms with Crippen LogP contribution in [0, 0.1) is 0 Å². The quantitative estimate of drug-likeness (QED) is 0.101. The van der Waals surface area contributed by atoms with E-state index >= 15 is 0 Å². The Morgan fingerprint density at radius 3 is 1.98 bits per heavy atom. The van der Waals surface area contributed by atoms with Gasteiger partial charge in [-0.25, -0.2) is 0 Å². The molecule has 3 rings (SSSR count). The standard InChI is InChI=1S/C23H42N2O15/c1-8-13(29)17(33)18(34)22(36-8)40-20-19(15(31)11(7-27)38-23(20)35-5-3-4-24)39-21-12(25-9(2)28)16(32)14(30)10(6-26)37-21/h8,10-23,26-27,29-34H,3-7,24H2,1-2H3,(H,25,28)/t8-,10+,11+,12+,13+,14+,15-,16+,17+,18-,19-,20+,21+,22-,23+/m0/s1. The van der Waals surface area contributed by atoms with Gasteiger partial charge in [-0.1, -0.05) is 0 Å². The van der Waals surface area contributed by atoms with Gasteiger partial charge in [-0.3, -0.25) is 4.79 Å². The second-order valence-corrected chi connectivity index (χ2v) is 10.0. The second kappa shape index (κ2) is 14.9. The van der Waals surface area contributed by atoms with E-state index < -0.39 is 111 Å². The zero-order valence-corrected chi connectivity index (χ0v) is 22.2. The molecule has 0 radical (unpaired) electrons. The van der Waals surface area contributed by atoms with Crippen LogP contribution in [0.15, 0.2) is 0 Å². The van der Waals surface area contributed by atoms with E-state index in [1.165, 1.54) is 6.92 Å². The van der Waals surface area contributed by atoms with Crippen LogP contribution in [-0.2, 0) is 33.2 Å². The van der Waals surface area contributed by atoms with Crippen LogP contribution in [0.25, 0.3) is 0 Å². The Bertz CT molecular complexity index is 797. The molecule has 15 atom stereocenters. The molecule has 1 amide bonds. The summed E-state index contributed by atoms with van der Waals surface area (Å²) in [5.74, 6) is -0.618. The molecule has 0 aromatic carbocycles. The molecule has 234 valence electrons. The number of aliphatic hydroxyl groups excluding tert-OH is 8. The molecule has 0 spiro atoms. The van der Waals surface area contributed by atoms with Crippen LogP contribution in [0.2, 0.25) is 0 Å². The van der Waals surface area contributed by atoms with Gasteiger partial charge < -0.3 is 80.3 Å². The van der Waals surface area contributed by atoms with Crippen LogP contribution in [0.3, 0.4) is 0 Å². The summed E-state index contributed by atoms with van der Waals surface area (Å²) in [5.41, 5.74) is 5.54. The molecule has 0 saturated carbocycles. The fourth-order valence-electron chi connectivity index (χ4n) is 4.78. The number of nitrogens with two attached hydrogens (primary N) is 1. The van der Waals surface area contributed by atoms with Crippen molar-refractivity contribution >= 4 is 5.91 Å². The number of amides is 1. The molecule has 3 saturated heterocycles. The number of nitrogens with one attached hydrogen (secondary N) is 1. The van der Waals surface area contributed by atoms with Crippen molar-refractivity contribution in [3.63, 3.8) is 0 Å². The summed E-state index contributed by atoms with van der Waals surface area (Å²) in [6.45, 7) is 1.45. The minimum absolute atomic E-state index is 0.0414. The monoisotopic (exact) mass is 586 g/mol. The molecular formula is C23H42N2O15. The largest absolute Gasteiger partial charge is 0.394 e. The molecule has 0 aromatic rings. The molecular weight excluding hydrogens is 544 g/mol. The van der Waals surface area contributed by atoms with Crippen molar-refractivity contribution in [1.29, 1.82) is 0 Å². The molecule has 3 fully saturated rings. The normalized spacial score (nSPS) is 46.2. The Hall–Kier alpha value is -1.13. The van der Waals surface area contributed by atoms with Crippen LogP contribution in [0.4, 0.5) is 0 Å². The third-order valence-electron chi connectivity index (χ3n) is 7.07. The maximum Gasteiger partial charge on any atom is 0.217 e. The SMILES string of the molecule is CC(=O)N[C@H]1[C@@H](O[C@H]2[C@@H](O)[C@@H](CO)O[C@@H](OCCCN)[C@@H]2O[C@@H]2O[C@@H](C)[C@@H](O)[C@@H](O)[C@@H]2O)O[C@H](CO)[C@@H](O)[C@@H]1O. The van der Waals surface area contributed by atoms with E-state index in [1.807, 2.05) is 0 Å². The van der Waals surface area contributed by atoms with Gasteiger partial charge in [0.05, 0.1) is 25.9 Å². The van der Waals surface area contributed by atoms with E-state index in [0.717, 1.165) is 6.92 Å². The number of hydrogen-bond donors (Lipinski definition) is 10. The summed E-state index contributed by atoms with van der Waals surface area (Å²) in [5, 5.41) is 84.9. The highest BCUT2D eigenvalue weighted by molar-refractivity contribution is 5.73. The van der Waals surface area contributed by atoms with Gasteiger partial charge in [0.15, 0.2) is 18.9 Å². The summed E-state index contributed by atoms with van der Waals surface area (Å²) in [4.78, 5) is 11.9. The first-order valence-electron chi connectivity index (χ1n) is 13.1. The van der Waals surface area contributed by atoms with E-state index in [4.69, 9.17) is 34.2 Å². The first-order valence-corrected chi connectivity index (χ1v) is 13.1. The maximum absolute atomic E-state index is 11.9. The van der Waals surface area contributed by atoms with Gasteiger partial charge in [-0.2, -0.15) is 0 Å². The van der Waals surface area contributed by atoms with E-state index in [0.29, 0.717) is 6.42 Å². The van der Waals surface area contributed by atoms with Gasteiger partial charge in [-0.05, 0) is 19.9 Å². The zero-order valence-electron chi connectivity index (χ0n) is 22.2. The molecule has 0 aromatic heterocycles. The van der Waals surface area contributed by atoms with Crippen molar-refractivity contribution in [3.05, 3.63) is 0 Å². The molecule has 40 heavy (non-hydrogen) atoms. The Balaban J connectivity index is 1.95. The summed E-state index contributed by atoms with van der Waals surface area (Å²) >= 11 is 0. The lowest BCUT2D eigenvalue weighted by Crippen LogP contribution is -2.68. The molecule has 11 N–H and O–H groups in total. The summed E-state index contributed by atoms with van der Waals surface area (Å²) in [6, 6.07) is -1.39. The van der Waals surface area contributed by atoms with Gasteiger partial charge >= 0.3 is 0 Å². The lowest BCUT2D eigenvalue weighted by molar-refractivity contribution is -0.385. The van der Waals surface area contributed by atoms with Crippen molar-refractivity contribution in [2.45, 2.75) is 112 Å². The highest BCUT2D eigenvalue weighted by Gasteiger charge is 2.54. The van der Waals surface area contributed by atoms with Gasteiger partial charge in [-0.15, -0.1) is 0 Å². The van der Waals surface area contributed by atoms with Crippen molar-refractivity contribution < 1.29 is 74.1 Å². The van der Waals surface area contributed by atoms with E-state index in [-0.39, 0.29) is 13.2 Å². The van der Waals surface area contributed by atoms with E-state index in [2.05, 4.69) is 5.32 Å². The molecule has 0 unspecified atom stereocenters. The Kier molecular flexibility index (Phi) is 12.4. The topological polar surface area (TPSA) is 272 Å². The Morgan fingerprint density at radius 2 is 1.38 bits per heavy atom. The Morgan fingerprint density at radius 1 is 0.775 bits per heavy atom. The van der Waals surface area contributed by atoms with Crippen molar-refractivity contribution in [2.75, 3.05) is 26.4 Å². The molecule has 3 heterocycles. The zero-order chi connectivity index (χ0) is 29.7. The first-order chi connectivity index (χ1) is 18.9. The number of carbonyl (C=O) groups excluding carboxylic acids is 1. The van der Waals surface area contributed by atoms with Gasteiger partial charge in [0.1, 0.15) is 67.1 Å². The number of rotatable bonds is 11. The smallest absolute Gasteiger partial charge is 0.217 e. The predicted molar refractivity (Wildman–Crippen MR) is 129 cm³/mol. The highest BCUT2D eigenvalue weighted by atomic mass is 16.8. The average molecular weight is 587 g/mol. The fourth-order valence-corrected chi connectivity index (χ4v) is 4.78. The third-order valence-corrected chi connectivity index (χ3v) is 7.07. The lowest BCUT2D eigenvalue weighted by Gasteiger charge is -2.49. The van der Waals surface area contributed by atoms with Gasteiger partial charge in [0.25, 0.3) is 0 Å². The van der Waals surface area contributed by atoms with Gasteiger partial charge in [0, 0.05) is 6.92 Å². The minimum atomic E-state index is -1.75. The van der Waals surface area contributed by atoms with E-state index in [9.17, 15) is 45.6 Å². The summed E-state index contributed by atoms with van der Waals surface area (Å²) in [7, 11) is 0.